The van der Waals surface area contributed by atoms with Crippen LogP contribution in [-0.4, -0.2) is 0 Å². The highest BCUT2D eigenvalue weighted by molar-refractivity contribution is 5.50. The van der Waals surface area contributed by atoms with E-state index in [0.29, 0.717) is 0 Å². The zero-order chi connectivity index (χ0) is 16.8. The van der Waals surface area contributed by atoms with Crippen molar-refractivity contribution < 1.29 is 0 Å². The van der Waals surface area contributed by atoms with E-state index in [4.69, 9.17) is 0 Å². The lowest BCUT2D eigenvalue weighted by molar-refractivity contribution is 0.527. The van der Waals surface area contributed by atoms with Gasteiger partial charge in [-0.3, -0.25) is 0 Å². The first kappa shape index (κ1) is 16.5. The fourth-order valence-corrected chi connectivity index (χ4v) is 3.66. The Morgan fingerprint density at radius 2 is 1.08 bits per heavy atom. The van der Waals surface area contributed by atoms with Crippen molar-refractivity contribution in [2.75, 3.05) is 0 Å². The summed E-state index contributed by atoms with van der Waals surface area (Å²) in [5.41, 5.74) is 5.39. The molecule has 0 atom stereocenters. The number of aryl methyl sites for hydroxylation is 1. The Bertz CT molecular complexity index is 700. The molecular formula is C24H26. The average molecular weight is 314 g/mol. The number of unbranched alkanes of at least 4 members (excludes halogenated alkanes) is 1. The monoisotopic (exact) mass is 314 g/mol. The second-order valence-electron chi connectivity index (χ2n) is 6.61. The smallest absolute Gasteiger partial charge is 0.0451 e. The first-order valence-corrected chi connectivity index (χ1v) is 8.95. The predicted molar refractivity (Wildman–Crippen MR) is 103 cm³/mol. The van der Waals surface area contributed by atoms with Gasteiger partial charge in [0, 0.05) is 5.41 Å². The van der Waals surface area contributed by atoms with Crippen molar-refractivity contribution >= 4 is 0 Å². The normalized spacial score (nSPS) is 11.4. The average Bonchev–Trinajstić information content (AvgIpc) is 2.65. The summed E-state index contributed by atoms with van der Waals surface area (Å²) in [7, 11) is 0. The van der Waals surface area contributed by atoms with Crippen LogP contribution in [0.3, 0.4) is 0 Å². The standard InChI is InChI=1S/C24H26/c1-3-4-19-24(21-11-7-5-8-12-21,22-13-9-6-10-14-22)23-17-15-20(2)16-18-23/h5-18H,3-4,19H2,1-2H3. The quantitative estimate of drug-likeness (QED) is 0.454. The minimum absolute atomic E-state index is 0.0772. The minimum Gasteiger partial charge on any atom is -0.0654 e. The Labute approximate surface area is 146 Å². The molecule has 0 radical (unpaired) electrons. The van der Waals surface area contributed by atoms with Crippen LogP contribution < -0.4 is 0 Å². The van der Waals surface area contributed by atoms with Gasteiger partial charge in [-0.1, -0.05) is 110 Å². The second kappa shape index (κ2) is 7.49. The molecule has 0 N–H and O–H groups in total. The van der Waals surface area contributed by atoms with Crippen molar-refractivity contribution in [3.63, 3.8) is 0 Å². The minimum atomic E-state index is -0.0772. The maximum absolute atomic E-state index is 2.31. The number of benzene rings is 3. The van der Waals surface area contributed by atoms with Gasteiger partial charge in [-0.25, -0.2) is 0 Å². The SMILES string of the molecule is CCCCC(c1ccccc1)(c1ccccc1)c1ccc(C)cc1. The number of rotatable bonds is 6. The summed E-state index contributed by atoms with van der Waals surface area (Å²) in [4.78, 5) is 0. The molecule has 3 aromatic rings. The van der Waals surface area contributed by atoms with Crippen LogP contribution in [0.1, 0.15) is 48.4 Å². The molecule has 0 heteroatoms. The van der Waals surface area contributed by atoms with Gasteiger partial charge in [0.05, 0.1) is 0 Å². The third-order valence-electron chi connectivity index (χ3n) is 4.98. The highest BCUT2D eigenvalue weighted by atomic mass is 14.4. The molecule has 0 saturated heterocycles. The Morgan fingerprint density at radius 3 is 1.54 bits per heavy atom. The highest BCUT2D eigenvalue weighted by Gasteiger charge is 2.35. The van der Waals surface area contributed by atoms with Gasteiger partial charge in [0.15, 0.2) is 0 Å². The lowest BCUT2D eigenvalue weighted by atomic mass is 9.66. The molecule has 0 aliphatic heterocycles. The first-order valence-electron chi connectivity index (χ1n) is 8.95. The lowest BCUT2D eigenvalue weighted by Gasteiger charge is -2.36. The topological polar surface area (TPSA) is 0 Å². The zero-order valence-electron chi connectivity index (χ0n) is 14.7. The van der Waals surface area contributed by atoms with Gasteiger partial charge in [0.2, 0.25) is 0 Å². The molecule has 0 bridgehead atoms. The van der Waals surface area contributed by atoms with Crippen LogP contribution in [-0.2, 0) is 5.41 Å². The summed E-state index contributed by atoms with van der Waals surface area (Å²) in [5, 5.41) is 0. The molecule has 0 aromatic heterocycles. The molecule has 0 fully saturated rings. The van der Waals surface area contributed by atoms with Crippen molar-refractivity contribution in [1.82, 2.24) is 0 Å². The predicted octanol–water partition coefficient (Wildman–Crippen LogP) is 6.52. The van der Waals surface area contributed by atoms with Crippen molar-refractivity contribution in [2.24, 2.45) is 0 Å². The number of hydrogen-bond donors (Lipinski definition) is 0. The summed E-state index contributed by atoms with van der Waals surface area (Å²) >= 11 is 0. The van der Waals surface area contributed by atoms with Gasteiger partial charge in [-0.15, -0.1) is 0 Å². The van der Waals surface area contributed by atoms with Crippen LogP contribution in [0.2, 0.25) is 0 Å². The largest absolute Gasteiger partial charge is 0.0654 e. The van der Waals surface area contributed by atoms with E-state index in [1.807, 2.05) is 0 Å². The summed E-state index contributed by atoms with van der Waals surface area (Å²) < 4.78 is 0. The van der Waals surface area contributed by atoms with Crippen LogP contribution in [0.25, 0.3) is 0 Å². The second-order valence-corrected chi connectivity index (χ2v) is 6.61. The molecule has 0 aliphatic carbocycles. The van der Waals surface area contributed by atoms with E-state index in [2.05, 4.69) is 98.8 Å². The Hall–Kier alpha value is -2.34. The third kappa shape index (κ3) is 3.14. The van der Waals surface area contributed by atoms with E-state index >= 15 is 0 Å². The fraction of sp³-hybridized carbons (Fsp3) is 0.250. The van der Waals surface area contributed by atoms with Gasteiger partial charge in [-0.2, -0.15) is 0 Å². The van der Waals surface area contributed by atoms with E-state index in [9.17, 15) is 0 Å². The van der Waals surface area contributed by atoms with Gasteiger partial charge in [-0.05, 0) is 30.0 Å². The molecule has 3 rings (SSSR count). The maximum Gasteiger partial charge on any atom is 0.0451 e. The van der Waals surface area contributed by atoms with E-state index in [0.717, 1.165) is 6.42 Å². The molecule has 0 unspecified atom stereocenters. The van der Waals surface area contributed by atoms with Crippen molar-refractivity contribution in [3.05, 3.63) is 107 Å². The van der Waals surface area contributed by atoms with Crippen LogP contribution in [0.15, 0.2) is 84.9 Å². The van der Waals surface area contributed by atoms with Crippen LogP contribution in [0.5, 0.6) is 0 Å². The van der Waals surface area contributed by atoms with Crippen LogP contribution >= 0.6 is 0 Å². The Morgan fingerprint density at radius 1 is 0.625 bits per heavy atom. The summed E-state index contributed by atoms with van der Waals surface area (Å²) in [6.07, 6.45) is 3.53. The van der Waals surface area contributed by atoms with Gasteiger partial charge >= 0.3 is 0 Å². The third-order valence-corrected chi connectivity index (χ3v) is 4.98. The summed E-state index contributed by atoms with van der Waals surface area (Å²) in [6, 6.07) is 31.1. The molecule has 0 aliphatic rings. The van der Waals surface area contributed by atoms with Gasteiger partial charge in [0.1, 0.15) is 0 Å². The van der Waals surface area contributed by atoms with E-state index in [1.165, 1.54) is 35.1 Å². The highest BCUT2D eigenvalue weighted by Crippen LogP contribution is 2.43. The molecule has 0 heterocycles. The molecule has 3 aromatic carbocycles. The molecule has 122 valence electrons. The van der Waals surface area contributed by atoms with Crippen molar-refractivity contribution in [2.45, 2.75) is 38.5 Å². The summed E-state index contributed by atoms with van der Waals surface area (Å²) in [5.74, 6) is 0. The van der Waals surface area contributed by atoms with E-state index in [-0.39, 0.29) is 5.41 Å². The number of hydrogen-bond acceptors (Lipinski definition) is 0. The molecule has 0 saturated carbocycles. The Balaban J connectivity index is 2.26. The molecule has 0 nitrogen and oxygen atoms in total. The maximum atomic E-state index is 2.31. The fourth-order valence-electron chi connectivity index (χ4n) is 3.66. The van der Waals surface area contributed by atoms with E-state index < -0.39 is 0 Å². The lowest BCUT2D eigenvalue weighted by Crippen LogP contribution is -2.29. The van der Waals surface area contributed by atoms with Gasteiger partial charge < -0.3 is 0 Å². The van der Waals surface area contributed by atoms with Crippen LogP contribution in [0, 0.1) is 6.92 Å². The van der Waals surface area contributed by atoms with Crippen molar-refractivity contribution in [1.29, 1.82) is 0 Å². The van der Waals surface area contributed by atoms with Crippen LogP contribution in [0.4, 0.5) is 0 Å². The van der Waals surface area contributed by atoms with Crippen molar-refractivity contribution in [3.8, 4) is 0 Å². The van der Waals surface area contributed by atoms with E-state index in [1.54, 1.807) is 0 Å². The molecule has 24 heavy (non-hydrogen) atoms. The zero-order valence-corrected chi connectivity index (χ0v) is 14.7. The molecule has 0 amide bonds. The van der Waals surface area contributed by atoms with Gasteiger partial charge in [0.25, 0.3) is 0 Å². The first-order chi connectivity index (χ1) is 11.8. The Kier molecular flexibility index (Phi) is 5.15. The molecular weight excluding hydrogens is 288 g/mol. The molecule has 0 spiro atoms. The summed E-state index contributed by atoms with van der Waals surface area (Å²) in [6.45, 7) is 4.43.